The van der Waals surface area contributed by atoms with E-state index in [4.69, 9.17) is 4.74 Å². The standard InChI is InChI=1S/C21H24N4O4S/c1-12-11-30-19(22-12)16-5-4-8-24(16)20(27)14-9-15(21(28)29-3)23-17(10-14)25-13(2)6-7-18(25)26/h9-11,13,16H,4-8H2,1-3H3/t13?,16-/m1/s1. The Hall–Kier alpha value is -2.81. The number of carbonyl (C=O) groups is 3. The first-order valence-electron chi connectivity index (χ1n) is 10.0. The molecule has 2 aliphatic rings. The fraction of sp³-hybridized carbons (Fsp3) is 0.476. The molecule has 9 heteroatoms. The number of methoxy groups -OCH3 is 1. The van der Waals surface area contributed by atoms with Crippen LogP contribution < -0.4 is 4.90 Å². The molecule has 4 rings (SSSR count). The topological polar surface area (TPSA) is 92.7 Å². The molecule has 0 bridgehead atoms. The molecule has 2 aromatic rings. The molecule has 2 fully saturated rings. The highest BCUT2D eigenvalue weighted by Gasteiger charge is 2.35. The van der Waals surface area contributed by atoms with Gasteiger partial charge in [-0.1, -0.05) is 0 Å². The summed E-state index contributed by atoms with van der Waals surface area (Å²) in [6.45, 7) is 4.49. The Morgan fingerprint density at radius 1 is 1.23 bits per heavy atom. The summed E-state index contributed by atoms with van der Waals surface area (Å²) >= 11 is 1.55. The van der Waals surface area contributed by atoms with Crippen molar-refractivity contribution >= 4 is 34.9 Å². The summed E-state index contributed by atoms with van der Waals surface area (Å²) in [6, 6.07) is 2.93. The third-order valence-electron chi connectivity index (χ3n) is 5.62. The number of likely N-dealkylation sites (tertiary alicyclic amines) is 1. The number of aromatic nitrogens is 2. The van der Waals surface area contributed by atoms with Gasteiger partial charge in [0.05, 0.1) is 13.2 Å². The van der Waals surface area contributed by atoms with Crippen molar-refractivity contribution < 1.29 is 19.1 Å². The number of hydrogen-bond donors (Lipinski definition) is 0. The van der Waals surface area contributed by atoms with Crippen LogP contribution in [0.1, 0.15) is 70.2 Å². The summed E-state index contributed by atoms with van der Waals surface area (Å²) in [5.74, 6) is -0.581. The molecular weight excluding hydrogens is 404 g/mol. The van der Waals surface area contributed by atoms with Crippen LogP contribution in [0.3, 0.4) is 0 Å². The quantitative estimate of drug-likeness (QED) is 0.695. The van der Waals surface area contributed by atoms with Gasteiger partial charge in [0, 0.05) is 35.6 Å². The Bertz CT molecular complexity index is 1000. The van der Waals surface area contributed by atoms with Gasteiger partial charge >= 0.3 is 5.97 Å². The fourth-order valence-electron chi connectivity index (χ4n) is 4.11. The van der Waals surface area contributed by atoms with Gasteiger partial charge in [-0.05, 0) is 45.2 Å². The van der Waals surface area contributed by atoms with Gasteiger partial charge in [-0.15, -0.1) is 11.3 Å². The molecule has 0 saturated carbocycles. The lowest BCUT2D eigenvalue weighted by Gasteiger charge is -2.25. The average molecular weight is 429 g/mol. The van der Waals surface area contributed by atoms with Gasteiger partial charge in [0.25, 0.3) is 5.91 Å². The van der Waals surface area contributed by atoms with Gasteiger partial charge in [-0.2, -0.15) is 0 Å². The molecule has 1 unspecified atom stereocenters. The van der Waals surface area contributed by atoms with Gasteiger partial charge < -0.3 is 9.64 Å². The number of ether oxygens (including phenoxy) is 1. The Balaban J connectivity index is 1.71. The minimum atomic E-state index is -0.640. The lowest BCUT2D eigenvalue weighted by Crippen LogP contribution is -2.34. The Labute approximate surface area is 178 Å². The lowest BCUT2D eigenvalue weighted by molar-refractivity contribution is -0.117. The van der Waals surface area contributed by atoms with Crippen LogP contribution in [-0.4, -0.2) is 52.3 Å². The predicted molar refractivity (Wildman–Crippen MR) is 112 cm³/mol. The first-order valence-corrected chi connectivity index (χ1v) is 10.9. The minimum absolute atomic E-state index is 0.0195. The van der Waals surface area contributed by atoms with E-state index in [-0.39, 0.29) is 29.6 Å². The highest BCUT2D eigenvalue weighted by atomic mass is 32.1. The van der Waals surface area contributed by atoms with Gasteiger partial charge in [0.1, 0.15) is 10.8 Å². The number of nitrogens with zero attached hydrogens (tertiary/aromatic N) is 4. The van der Waals surface area contributed by atoms with Crippen LogP contribution in [0, 0.1) is 6.92 Å². The van der Waals surface area contributed by atoms with E-state index in [2.05, 4.69) is 9.97 Å². The van der Waals surface area contributed by atoms with E-state index in [9.17, 15) is 14.4 Å². The second-order valence-corrected chi connectivity index (χ2v) is 8.62. The maximum absolute atomic E-state index is 13.5. The van der Waals surface area contributed by atoms with Crippen molar-refractivity contribution in [1.29, 1.82) is 0 Å². The summed E-state index contributed by atoms with van der Waals surface area (Å²) in [5.41, 5.74) is 1.29. The normalized spacial score (nSPS) is 21.4. The van der Waals surface area contributed by atoms with Crippen LogP contribution >= 0.6 is 11.3 Å². The fourth-order valence-corrected chi connectivity index (χ4v) is 5.05. The molecule has 4 heterocycles. The number of esters is 1. The molecule has 2 saturated heterocycles. The van der Waals surface area contributed by atoms with Crippen molar-refractivity contribution in [3.05, 3.63) is 39.5 Å². The average Bonchev–Trinajstić information content (AvgIpc) is 3.46. The summed E-state index contributed by atoms with van der Waals surface area (Å²) < 4.78 is 4.82. The molecule has 0 N–H and O–H groups in total. The molecule has 0 aromatic carbocycles. The van der Waals surface area contributed by atoms with E-state index in [1.54, 1.807) is 27.2 Å². The summed E-state index contributed by atoms with van der Waals surface area (Å²) in [4.78, 5) is 50.3. The molecule has 2 atom stereocenters. The van der Waals surface area contributed by atoms with E-state index in [1.807, 2.05) is 19.2 Å². The molecule has 2 aliphatic heterocycles. The number of anilines is 1. The Morgan fingerprint density at radius 2 is 2.03 bits per heavy atom. The zero-order valence-electron chi connectivity index (χ0n) is 17.3. The molecule has 0 spiro atoms. The first kappa shape index (κ1) is 20.5. The maximum Gasteiger partial charge on any atom is 0.356 e. The third-order valence-corrected chi connectivity index (χ3v) is 6.68. The second kappa shape index (κ2) is 8.14. The SMILES string of the molecule is COC(=O)c1cc(C(=O)N2CCC[C@@H]2c2nc(C)cs2)cc(N2C(=O)CCC2C)n1. The van der Waals surface area contributed by atoms with Crippen molar-refractivity contribution in [3.63, 3.8) is 0 Å². The first-order chi connectivity index (χ1) is 14.4. The number of thiazole rings is 1. The van der Waals surface area contributed by atoms with Crippen LogP contribution in [-0.2, 0) is 9.53 Å². The van der Waals surface area contributed by atoms with Crippen LogP contribution in [0.25, 0.3) is 0 Å². The maximum atomic E-state index is 13.5. The monoisotopic (exact) mass is 428 g/mol. The molecule has 2 amide bonds. The van der Waals surface area contributed by atoms with Crippen LogP contribution in [0.2, 0.25) is 0 Å². The largest absolute Gasteiger partial charge is 0.464 e. The predicted octanol–water partition coefficient (Wildman–Crippen LogP) is 3.13. The second-order valence-electron chi connectivity index (χ2n) is 7.73. The summed E-state index contributed by atoms with van der Waals surface area (Å²) in [7, 11) is 1.27. The number of hydrogen-bond acceptors (Lipinski definition) is 7. The smallest absolute Gasteiger partial charge is 0.356 e. The molecule has 0 aliphatic carbocycles. The van der Waals surface area contributed by atoms with E-state index in [0.29, 0.717) is 30.8 Å². The molecule has 2 aromatic heterocycles. The van der Waals surface area contributed by atoms with Crippen molar-refractivity contribution in [2.45, 2.75) is 51.6 Å². The Kier molecular flexibility index (Phi) is 5.55. The van der Waals surface area contributed by atoms with Crippen LogP contribution in [0.5, 0.6) is 0 Å². The number of rotatable bonds is 4. The Morgan fingerprint density at radius 3 is 2.67 bits per heavy atom. The van der Waals surface area contributed by atoms with Crippen molar-refractivity contribution in [1.82, 2.24) is 14.9 Å². The minimum Gasteiger partial charge on any atom is -0.464 e. The van der Waals surface area contributed by atoms with Crippen LogP contribution in [0.15, 0.2) is 17.5 Å². The number of aryl methyl sites for hydroxylation is 1. The van der Waals surface area contributed by atoms with Crippen molar-refractivity contribution in [3.8, 4) is 0 Å². The summed E-state index contributed by atoms with van der Waals surface area (Å²) in [6.07, 6.45) is 2.87. The molecule has 158 valence electrons. The number of carbonyl (C=O) groups excluding carboxylic acids is 3. The molecule has 0 radical (unpaired) electrons. The van der Waals surface area contributed by atoms with Gasteiger partial charge in [0.15, 0.2) is 5.69 Å². The van der Waals surface area contributed by atoms with Gasteiger partial charge in [-0.3, -0.25) is 14.5 Å². The number of amides is 2. The zero-order valence-corrected chi connectivity index (χ0v) is 18.1. The molecule has 30 heavy (non-hydrogen) atoms. The highest BCUT2D eigenvalue weighted by molar-refractivity contribution is 7.09. The van der Waals surface area contributed by atoms with Gasteiger partial charge in [0.2, 0.25) is 5.91 Å². The molecule has 8 nitrogen and oxygen atoms in total. The molecular formula is C21H24N4O4S. The van der Waals surface area contributed by atoms with E-state index < -0.39 is 5.97 Å². The number of pyridine rings is 1. The summed E-state index contributed by atoms with van der Waals surface area (Å²) in [5, 5.41) is 2.90. The van der Waals surface area contributed by atoms with Crippen molar-refractivity contribution in [2.75, 3.05) is 18.6 Å². The van der Waals surface area contributed by atoms with E-state index >= 15 is 0 Å². The van der Waals surface area contributed by atoms with Crippen LogP contribution in [0.4, 0.5) is 5.82 Å². The highest BCUT2D eigenvalue weighted by Crippen LogP contribution is 2.35. The zero-order chi connectivity index (χ0) is 21.4. The third kappa shape index (κ3) is 3.69. The van der Waals surface area contributed by atoms with E-state index in [0.717, 1.165) is 23.5 Å². The van der Waals surface area contributed by atoms with Gasteiger partial charge in [-0.25, -0.2) is 14.8 Å². The lowest BCUT2D eigenvalue weighted by atomic mass is 10.1. The van der Waals surface area contributed by atoms with Crippen molar-refractivity contribution in [2.24, 2.45) is 0 Å². The van der Waals surface area contributed by atoms with E-state index in [1.165, 1.54) is 13.2 Å².